The minimum Gasteiger partial charge on any atom is -0.341 e. The minimum atomic E-state index is -0.197. The van der Waals surface area contributed by atoms with Gasteiger partial charge in [0, 0.05) is 38.6 Å². The van der Waals surface area contributed by atoms with Gasteiger partial charge in [0.1, 0.15) is 5.82 Å². The third-order valence-corrected chi connectivity index (χ3v) is 5.50. The number of amides is 1. The predicted molar refractivity (Wildman–Crippen MR) is 92.8 cm³/mol. The van der Waals surface area contributed by atoms with Crippen LogP contribution in [0.1, 0.15) is 31.2 Å². The van der Waals surface area contributed by atoms with Gasteiger partial charge < -0.3 is 10.6 Å². The molecule has 2 fully saturated rings. The van der Waals surface area contributed by atoms with Crippen LogP contribution >= 0.6 is 0 Å². The molecule has 4 nitrogen and oxygen atoms in total. The number of nitrogens with two attached hydrogens (primary N) is 1. The monoisotopic (exact) mass is 333 g/mol. The Kier molecular flexibility index (Phi) is 5.85. The van der Waals surface area contributed by atoms with Gasteiger partial charge in [0.2, 0.25) is 5.91 Å². The van der Waals surface area contributed by atoms with Crippen LogP contribution in [0, 0.1) is 17.7 Å². The zero-order chi connectivity index (χ0) is 16.9. The molecule has 0 bridgehead atoms. The molecule has 24 heavy (non-hydrogen) atoms. The van der Waals surface area contributed by atoms with Crippen molar-refractivity contribution in [2.75, 3.05) is 32.7 Å². The molecule has 0 aromatic heterocycles. The molecule has 1 saturated heterocycles. The van der Waals surface area contributed by atoms with Crippen LogP contribution in [0.2, 0.25) is 0 Å². The Morgan fingerprint density at radius 2 is 1.88 bits per heavy atom. The summed E-state index contributed by atoms with van der Waals surface area (Å²) in [7, 11) is 0. The van der Waals surface area contributed by atoms with Crippen molar-refractivity contribution in [1.82, 2.24) is 9.80 Å². The summed E-state index contributed by atoms with van der Waals surface area (Å²) >= 11 is 0. The molecule has 2 atom stereocenters. The molecule has 1 aromatic carbocycles. The van der Waals surface area contributed by atoms with Gasteiger partial charge >= 0.3 is 0 Å². The van der Waals surface area contributed by atoms with Crippen LogP contribution in [-0.4, -0.2) is 48.4 Å². The number of benzene rings is 1. The highest BCUT2D eigenvalue weighted by Gasteiger charge is 2.35. The standard InChI is InChI=1S/C19H28FN3O/c20-17-7-5-15(6-8-17)14-22-9-2-10-23(12-11-22)19(24)18-4-1-3-16(18)13-21/h5-8,16,18H,1-4,9-14,21H2/t16-,18-/m1/s1. The van der Waals surface area contributed by atoms with E-state index in [2.05, 4.69) is 4.90 Å². The van der Waals surface area contributed by atoms with Gasteiger partial charge in [-0.15, -0.1) is 0 Å². The summed E-state index contributed by atoms with van der Waals surface area (Å²) in [6, 6.07) is 6.70. The van der Waals surface area contributed by atoms with Crippen molar-refractivity contribution >= 4 is 5.91 Å². The second kappa shape index (κ2) is 8.08. The van der Waals surface area contributed by atoms with Crippen LogP contribution in [0.4, 0.5) is 4.39 Å². The molecule has 1 aromatic rings. The van der Waals surface area contributed by atoms with E-state index < -0.39 is 0 Å². The first kappa shape index (κ1) is 17.4. The summed E-state index contributed by atoms with van der Waals surface area (Å²) in [5.41, 5.74) is 6.96. The lowest BCUT2D eigenvalue weighted by molar-refractivity contribution is -0.136. The van der Waals surface area contributed by atoms with Gasteiger partial charge in [-0.25, -0.2) is 4.39 Å². The molecule has 0 radical (unpaired) electrons. The molecule has 2 aliphatic rings. The van der Waals surface area contributed by atoms with Gasteiger partial charge in [0.25, 0.3) is 0 Å². The number of hydrogen-bond acceptors (Lipinski definition) is 3. The summed E-state index contributed by atoms with van der Waals surface area (Å²) in [5.74, 6) is 0.624. The first-order valence-electron chi connectivity index (χ1n) is 9.13. The Hall–Kier alpha value is -1.46. The number of halogens is 1. The molecule has 1 aliphatic carbocycles. The van der Waals surface area contributed by atoms with Crippen molar-refractivity contribution < 1.29 is 9.18 Å². The van der Waals surface area contributed by atoms with Crippen LogP contribution in [0.25, 0.3) is 0 Å². The van der Waals surface area contributed by atoms with Crippen molar-refractivity contribution in [3.8, 4) is 0 Å². The highest BCUT2D eigenvalue weighted by Crippen LogP contribution is 2.32. The molecule has 0 unspecified atom stereocenters. The molecule has 3 rings (SSSR count). The summed E-state index contributed by atoms with van der Waals surface area (Å²) in [6.07, 6.45) is 4.21. The van der Waals surface area contributed by atoms with Crippen molar-refractivity contribution in [2.45, 2.75) is 32.2 Å². The lowest BCUT2D eigenvalue weighted by Gasteiger charge is -2.27. The average molecular weight is 333 g/mol. The fourth-order valence-electron chi connectivity index (χ4n) is 4.08. The molecule has 1 aliphatic heterocycles. The van der Waals surface area contributed by atoms with Crippen molar-refractivity contribution in [3.05, 3.63) is 35.6 Å². The van der Waals surface area contributed by atoms with Gasteiger partial charge in [-0.3, -0.25) is 9.69 Å². The summed E-state index contributed by atoms with van der Waals surface area (Å²) in [5, 5.41) is 0. The Morgan fingerprint density at radius 3 is 2.62 bits per heavy atom. The van der Waals surface area contributed by atoms with Gasteiger partial charge in [-0.05, 0) is 49.4 Å². The topological polar surface area (TPSA) is 49.6 Å². The third-order valence-electron chi connectivity index (χ3n) is 5.50. The molecule has 5 heteroatoms. The normalized spacial score (nSPS) is 25.7. The van der Waals surface area contributed by atoms with Crippen molar-refractivity contribution in [1.29, 1.82) is 0 Å². The first-order valence-corrected chi connectivity index (χ1v) is 9.13. The van der Waals surface area contributed by atoms with Crippen LogP contribution in [-0.2, 0) is 11.3 Å². The maximum atomic E-state index is 13.0. The Morgan fingerprint density at radius 1 is 1.08 bits per heavy atom. The second-order valence-electron chi connectivity index (χ2n) is 7.11. The number of hydrogen-bond donors (Lipinski definition) is 1. The Balaban J connectivity index is 1.54. The van der Waals surface area contributed by atoms with Crippen LogP contribution in [0.3, 0.4) is 0 Å². The van der Waals surface area contributed by atoms with Crippen molar-refractivity contribution in [2.24, 2.45) is 17.6 Å². The van der Waals surface area contributed by atoms with Crippen molar-refractivity contribution in [3.63, 3.8) is 0 Å². The van der Waals surface area contributed by atoms with Gasteiger partial charge in [0.15, 0.2) is 0 Å². The predicted octanol–water partition coefficient (Wildman–Crippen LogP) is 2.24. The van der Waals surface area contributed by atoms with E-state index in [-0.39, 0.29) is 11.7 Å². The molecule has 132 valence electrons. The quantitative estimate of drug-likeness (QED) is 0.919. The van der Waals surface area contributed by atoms with Gasteiger partial charge in [-0.2, -0.15) is 0 Å². The van der Waals surface area contributed by atoms with E-state index in [1.54, 1.807) is 0 Å². The van der Waals surface area contributed by atoms with E-state index in [0.717, 1.165) is 64.0 Å². The van der Waals surface area contributed by atoms with E-state index in [4.69, 9.17) is 5.73 Å². The molecular weight excluding hydrogens is 305 g/mol. The second-order valence-corrected chi connectivity index (χ2v) is 7.11. The molecule has 1 amide bonds. The maximum absolute atomic E-state index is 13.0. The zero-order valence-electron chi connectivity index (χ0n) is 14.3. The average Bonchev–Trinajstić information content (AvgIpc) is 2.95. The van der Waals surface area contributed by atoms with Gasteiger partial charge in [-0.1, -0.05) is 18.6 Å². The number of carbonyl (C=O) groups is 1. The van der Waals surface area contributed by atoms with Crippen LogP contribution in [0.15, 0.2) is 24.3 Å². The first-order chi connectivity index (χ1) is 11.7. The number of rotatable bonds is 4. The lowest BCUT2D eigenvalue weighted by Crippen LogP contribution is -2.41. The summed E-state index contributed by atoms with van der Waals surface area (Å²) < 4.78 is 13.0. The maximum Gasteiger partial charge on any atom is 0.226 e. The molecular formula is C19H28FN3O. The number of carbonyl (C=O) groups excluding carboxylic acids is 1. The fourth-order valence-corrected chi connectivity index (χ4v) is 4.08. The fraction of sp³-hybridized carbons (Fsp3) is 0.632. The largest absolute Gasteiger partial charge is 0.341 e. The van der Waals surface area contributed by atoms with E-state index in [9.17, 15) is 9.18 Å². The molecule has 2 N–H and O–H groups in total. The van der Waals surface area contributed by atoms with Crippen LogP contribution in [0.5, 0.6) is 0 Å². The SMILES string of the molecule is NC[C@H]1CCC[C@H]1C(=O)N1CCCN(Cc2ccc(F)cc2)CC1. The van der Waals surface area contributed by atoms with Crippen LogP contribution < -0.4 is 5.73 Å². The smallest absolute Gasteiger partial charge is 0.226 e. The summed E-state index contributed by atoms with van der Waals surface area (Å²) in [6.45, 7) is 4.92. The van der Waals surface area contributed by atoms with E-state index in [0.29, 0.717) is 18.4 Å². The minimum absolute atomic E-state index is 0.138. The highest BCUT2D eigenvalue weighted by molar-refractivity contribution is 5.79. The zero-order valence-corrected chi connectivity index (χ0v) is 14.3. The molecule has 1 heterocycles. The molecule has 1 saturated carbocycles. The highest BCUT2D eigenvalue weighted by atomic mass is 19.1. The van der Waals surface area contributed by atoms with E-state index >= 15 is 0 Å². The lowest BCUT2D eigenvalue weighted by atomic mass is 9.94. The third kappa shape index (κ3) is 4.14. The van der Waals surface area contributed by atoms with E-state index in [1.807, 2.05) is 17.0 Å². The summed E-state index contributed by atoms with van der Waals surface area (Å²) in [4.78, 5) is 17.2. The molecule has 0 spiro atoms. The Bertz CT molecular complexity index is 548. The van der Waals surface area contributed by atoms with E-state index in [1.165, 1.54) is 12.1 Å². The number of nitrogens with zero attached hydrogens (tertiary/aromatic N) is 2. The Labute approximate surface area is 143 Å². The van der Waals surface area contributed by atoms with Gasteiger partial charge in [0.05, 0.1) is 0 Å².